The molecule has 2 atom stereocenters. The molecular weight excluding hydrogens is 546 g/mol. The summed E-state index contributed by atoms with van der Waals surface area (Å²) >= 11 is 3.50. The van der Waals surface area contributed by atoms with Crippen molar-refractivity contribution in [3.63, 3.8) is 0 Å². The number of nitrogens with zero attached hydrogens (tertiary/aromatic N) is 2. The van der Waals surface area contributed by atoms with E-state index in [0.717, 1.165) is 70.0 Å². The summed E-state index contributed by atoms with van der Waals surface area (Å²) in [7, 11) is 0. The van der Waals surface area contributed by atoms with Crippen molar-refractivity contribution >= 4 is 45.0 Å². The summed E-state index contributed by atoms with van der Waals surface area (Å²) in [5.74, 6) is 0.661. The van der Waals surface area contributed by atoms with Crippen LogP contribution in [0.1, 0.15) is 95.3 Å². The number of hydrogen-bond donors (Lipinski definition) is 3. The summed E-state index contributed by atoms with van der Waals surface area (Å²) in [5, 5.41) is 6.71. The molecule has 1 aromatic heterocycles. The van der Waals surface area contributed by atoms with Gasteiger partial charge >= 0.3 is 0 Å². The normalized spacial score (nSPS) is 24.9. The Morgan fingerprint density at radius 2 is 1.63 bits per heavy atom. The van der Waals surface area contributed by atoms with Gasteiger partial charge in [-0.15, -0.1) is 0 Å². The number of fused-ring (bicyclic) bond motifs is 2. The van der Waals surface area contributed by atoms with Gasteiger partial charge < -0.3 is 21.3 Å². The molecule has 2 unspecified atom stereocenters. The van der Waals surface area contributed by atoms with Crippen LogP contribution in [0.4, 0.5) is 11.5 Å². The van der Waals surface area contributed by atoms with Crippen LogP contribution in [-0.2, 0) is 0 Å². The summed E-state index contributed by atoms with van der Waals surface area (Å²) in [6.07, 6.45) is 11.9. The van der Waals surface area contributed by atoms with Crippen LogP contribution < -0.4 is 21.3 Å². The predicted molar refractivity (Wildman–Crippen MR) is 150 cm³/mol. The first-order valence-corrected chi connectivity index (χ1v) is 14.7. The van der Waals surface area contributed by atoms with E-state index in [2.05, 4.69) is 36.4 Å². The van der Waals surface area contributed by atoms with Crippen molar-refractivity contribution in [1.29, 1.82) is 0 Å². The van der Waals surface area contributed by atoms with E-state index in [9.17, 15) is 14.4 Å². The van der Waals surface area contributed by atoms with Gasteiger partial charge in [-0.3, -0.25) is 14.4 Å². The highest BCUT2D eigenvalue weighted by atomic mass is 79.9. The summed E-state index contributed by atoms with van der Waals surface area (Å²) < 4.78 is 0.561. The van der Waals surface area contributed by atoms with E-state index in [1.54, 1.807) is 18.3 Å². The molecule has 2 bridgehead atoms. The van der Waals surface area contributed by atoms with Crippen molar-refractivity contribution in [3.05, 3.63) is 51.6 Å². The number of amides is 2. The predicted octanol–water partition coefficient (Wildman–Crippen LogP) is 4.82. The third-order valence-corrected chi connectivity index (χ3v) is 9.30. The molecule has 2 saturated carbocycles. The molecule has 0 spiro atoms. The Balaban J connectivity index is 1.14. The number of anilines is 2. The molecule has 2 aromatic rings. The maximum Gasteiger partial charge on any atom is 0.252 e. The van der Waals surface area contributed by atoms with E-state index in [4.69, 9.17) is 5.73 Å². The molecule has 1 aromatic carbocycles. The molecule has 200 valence electrons. The minimum absolute atomic E-state index is 0.0564. The number of benzene rings is 1. The first kappa shape index (κ1) is 25.3. The number of nitrogens with two attached hydrogens (primary N) is 1. The SMILES string of the molecule is NC(=O)c1cc(Br)c(C(=O)NC2CC3CCC(C2)N3c2ccc(C(=O)C3CC3)cn2)cc1NC1CCCC1. The van der Waals surface area contributed by atoms with Crippen LogP contribution in [0.25, 0.3) is 0 Å². The zero-order valence-corrected chi connectivity index (χ0v) is 23.0. The molecule has 9 heteroatoms. The number of nitrogens with one attached hydrogen (secondary N) is 2. The number of aromatic nitrogens is 1. The Morgan fingerprint density at radius 3 is 2.24 bits per heavy atom. The molecule has 0 radical (unpaired) electrons. The van der Waals surface area contributed by atoms with Crippen molar-refractivity contribution in [2.45, 2.75) is 88.4 Å². The number of pyridine rings is 1. The number of piperidine rings is 1. The molecule has 38 heavy (non-hydrogen) atoms. The Hall–Kier alpha value is -2.94. The fourth-order valence-corrected chi connectivity index (χ4v) is 7.08. The van der Waals surface area contributed by atoms with E-state index in [0.29, 0.717) is 45.0 Å². The number of carbonyl (C=O) groups is 3. The van der Waals surface area contributed by atoms with Gasteiger partial charge in [-0.2, -0.15) is 0 Å². The average molecular weight is 581 g/mol. The smallest absolute Gasteiger partial charge is 0.252 e. The van der Waals surface area contributed by atoms with Crippen molar-refractivity contribution in [2.75, 3.05) is 10.2 Å². The standard InChI is InChI=1S/C29H34BrN5O3/c30-24-13-23(28(31)37)25(33-18-3-1-2-4-18)14-22(24)29(38)34-19-11-20-8-9-21(12-19)35(20)26-10-7-17(15-32-26)27(36)16-5-6-16/h7,10,13-16,18-21,33H,1-6,8-9,11-12H2,(H2,31,37)(H,34,38). The molecule has 4 fully saturated rings. The molecule has 3 heterocycles. The second kappa shape index (κ2) is 10.3. The quantitative estimate of drug-likeness (QED) is 0.386. The first-order valence-electron chi connectivity index (χ1n) is 13.9. The molecular formula is C29H34BrN5O3. The van der Waals surface area contributed by atoms with Crippen LogP contribution in [0.5, 0.6) is 0 Å². The summed E-state index contributed by atoms with van der Waals surface area (Å²) in [6.45, 7) is 0. The third-order valence-electron chi connectivity index (χ3n) is 8.65. The van der Waals surface area contributed by atoms with E-state index in [-0.39, 0.29) is 23.7 Å². The number of hydrogen-bond acceptors (Lipinski definition) is 6. The number of ketones is 1. The number of halogens is 1. The van der Waals surface area contributed by atoms with Crippen LogP contribution in [0, 0.1) is 5.92 Å². The summed E-state index contributed by atoms with van der Waals surface area (Å²) in [6, 6.07) is 8.27. The minimum atomic E-state index is -0.513. The third kappa shape index (κ3) is 5.05. The lowest BCUT2D eigenvalue weighted by Crippen LogP contribution is -2.50. The van der Waals surface area contributed by atoms with E-state index in [1.165, 1.54) is 0 Å². The van der Waals surface area contributed by atoms with Gasteiger partial charge in [0.1, 0.15) is 5.82 Å². The number of Topliss-reactive ketones (excluding diaryl/α,β-unsaturated/α-hetero) is 1. The second-order valence-corrected chi connectivity index (χ2v) is 12.2. The van der Waals surface area contributed by atoms with Crippen molar-refractivity contribution in [3.8, 4) is 0 Å². The van der Waals surface area contributed by atoms with Gasteiger partial charge in [-0.1, -0.05) is 12.8 Å². The number of primary amides is 1. The van der Waals surface area contributed by atoms with Gasteiger partial charge in [0.05, 0.1) is 11.1 Å². The van der Waals surface area contributed by atoms with Crippen LogP contribution >= 0.6 is 15.9 Å². The number of carbonyl (C=O) groups excluding carboxylic acids is 3. The lowest BCUT2D eigenvalue weighted by molar-refractivity contribution is 0.0923. The summed E-state index contributed by atoms with van der Waals surface area (Å²) in [5.41, 5.74) is 7.88. The van der Waals surface area contributed by atoms with Crippen molar-refractivity contribution < 1.29 is 14.4 Å². The van der Waals surface area contributed by atoms with Crippen LogP contribution in [0.15, 0.2) is 34.9 Å². The van der Waals surface area contributed by atoms with Gasteiger partial charge in [0.25, 0.3) is 11.8 Å². The van der Waals surface area contributed by atoms with Gasteiger partial charge in [-0.25, -0.2) is 4.98 Å². The zero-order valence-electron chi connectivity index (χ0n) is 21.4. The molecule has 8 nitrogen and oxygen atoms in total. The van der Waals surface area contributed by atoms with E-state index in [1.807, 2.05) is 12.1 Å². The Bertz CT molecular complexity index is 1240. The van der Waals surface area contributed by atoms with E-state index < -0.39 is 5.91 Å². The van der Waals surface area contributed by atoms with Crippen LogP contribution in [0.2, 0.25) is 0 Å². The van der Waals surface area contributed by atoms with Crippen LogP contribution in [-0.4, -0.2) is 46.7 Å². The maximum atomic E-state index is 13.4. The maximum absolute atomic E-state index is 13.4. The molecule has 4 aliphatic rings. The fraction of sp³-hybridized carbons (Fsp3) is 0.517. The molecule has 4 N–H and O–H groups in total. The lowest BCUT2D eigenvalue weighted by atomic mass is 9.96. The van der Waals surface area contributed by atoms with Gasteiger partial charge in [-0.05, 0) is 91.6 Å². The molecule has 2 amide bonds. The van der Waals surface area contributed by atoms with Crippen molar-refractivity contribution in [1.82, 2.24) is 10.3 Å². The molecule has 2 saturated heterocycles. The van der Waals surface area contributed by atoms with E-state index >= 15 is 0 Å². The van der Waals surface area contributed by atoms with Gasteiger partial charge in [0.2, 0.25) is 0 Å². The monoisotopic (exact) mass is 579 g/mol. The Morgan fingerprint density at radius 1 is 0.921 bits per heavy atom. The molecule has 2 aliphatic heterocycles. The van der Waals surface area contributed by atoms with Crippen molar-refractivity contribution in [2.24, 2.45) is 11.7 Å². The lowest BCUT2D eigenvalue weighted by Gasteiger charge is -2.40. The van der Waals surface area contributed by atoms with Gasteiger partial charge in [0, 0.05) is 52.0 Å². The Kier molecular flexibility index (Phi) is 6.88. The highest BCUT2D eigenvalue weighted by Crippen LogP contribution is 2.39. The fourth-order valence-electron chi connectivity index (χ4n) is 6.56. The second-order valence-electron chi connectivity index (χ2n) is 11.3. The largest absolute Gasteiger partial charge is 0.382 e. The topological polar surface area (TPSA) is 117 Å². The highest BCUT2D eigenvalue weighted by Gasteiger charge is 2.42. The first-order chi connectivity index (χ1) is 18.4. The number of rotatable bonds is 8. The Labute approximate surface area is 231 Å². The zero-order chi connectivity index (χ0) is 26.4. The van der Waals surface area contributed by atoms with Crippen LogP contribution in [0.3, 0.4) is 0 Å². The molecule has 6 rings (SSSR count). The molecule has 2 aliphatic carbocycles. The minimum Gasteiger partial charge on any atom is -0.382 e. The summed E-state index contributed by atoms with van der Waals surface area (Å²) in [4.78, 5) is 44.9. The highest BCUT2D eigenvalue weighted by molar-refractivity contribution is 9.10. The average Bonchev–Trinajstić information content (AvgIpc) is 3.56. The van der Waals surface area contributed by atoms with Gasteiger partial charge in [0.15, 0.2) is 5.78 Å².